The molecule has 6 heteroatoms. The van der Waals surface area contributed by atoms with Gasteiger partial charge in [0.25, 0.3) is 0 Å². The first-order valence-corrected chi connectivity index (χ1v) is 9.58. The van der Waals surface area contributed by atoms with Gasteiger partial charge in [-0.25, -0.2) is 4.79 Å². The van der Waals surface area contributed by atoms with Crippen molar-refractivity contribution in [3.8, 4) is 5.75 Å². The van der Waals surface area contributed by atoms with Gasteiger partial charge in [0.2, 0.25) is 5.91 Å². The molecule has 0 unspecified atom stereocenters. The third-order valence-electron chi connectivity index (χ3n) is 5.39. The van der Waals surface area contributed by atoms with Crippen molar-refractivity contribution >= 4 is 17.6 Å². The quantitative estimate of drug-likeness (QED) is 0.876. The van der Waals surface area contributed by atoms with Gasteiger partial charge in [0.1, 0.15) is 5.75 Å². The molecular formula is C20H29N3O3. The predicted molar refractivity (Wildman–Crippen MR) is 102 cm³/mol. The lowest BCUT2D eigenvalue weighted by Gasteiger charge is -2.36. The third kappa shape index (κ3) is 4.29. The lowest BCUT2D eigenvalue weighted by Crippen LogP contribution is -2.47. The van der Waals surface area contributed by atoms with E-state index in [0.29, 0.717) is 17.9 Å². The van der Waals surface area contributed by atoms with Crippen LogP contribution in [0.25, 0.3) is 0 Å². The fourth-order valence-corrected chi connectivity index (χ4v) is 3.92. The molecule has 2 fully saturated rings. The van der Waals surface area contributed by atoms with Crippen LogP contribution in [0.3, 0.4) is 0 Å². The van der Waals surface area contributed by atoms with Crippen LogP contribution >= 0.6 is 0 Å². The predicted octanol–water partition coefficient (Wildman–Crippen LogP) is 3.40. The van der Waals surface area contributed by atoms with E-state index < -0.39 is 0 Å². The number of anilines is 1. The highest BCUT2D eigenvalue weighted by molar-refractivity contribution is 5.91. The summed E-state index contributed by atoms with van der Waals surface area (Å²) in [6.07, 6.45) is 5.64. The van der Waals surface area contributed by atoms with Crippen LogP contribution in [0.1, 0.15) is 44.1 Å². The number of amides is 3. The SMILES string of the molecule is COc1ccc(C)cc1NC(=O)N1CCCC[C@H]1CCN1CCCC1=O. The highest BCUT2D eigenvalue weighted by atomic mass is 16.5. The highest BCUT2D eigenvalue weighted by Gasteiger charge is 2.29. The van der Waals surface area contributed by atoms with Gasteiger partial charge in [-0.05, 0) is 56.7 Å². The highest BCUT2D eigenvalue weighted by Crippen LogP contribution is 2.27. The zero-order valence-corrected chi connectivity index (χ0v) is 15.8. The van der Waals surface area contributed by atoms with E-state index in [0.717, 1.165) is 57.3 Å². The standard InChI is InChI=1S/C20H29N3O3/c1-15-8-9-18(26-2)17(14-15)21-20(25)23-12-4-3-6-16(23)10-13-22-11-5-7-19(22)24/h8-9,14,16H,3-7,10-13H2,1-2H3,(H,21,25)/t16-/m0/s1. The number of hydrogen-bond acceptors (Lipinski definition) is 3. The second kappa shape index (κ2) is 8.43. The minimum Gasteiger partial charge on any atom is -0.495 e. The summed E-state index contributed by atoms with van der Waals surface area (Å²) >= 11 is 0. The van der Waals surface area contributed by atoms with Crippen LogP contribution in [0.4, 0.5) is 10.5 Å². The second-order valence-corrected chi connectivity index (χ2v) is 7.25. The lowest BCUT2D eigenvalue weighted by atomic mass is 9.99. The Hall–Kier alpha value is -2.24. The Labute approximate surface area is 155 Å². The van der Waals surface area contributed by atoms with Crippen LogP contribution < -0.4 is 10.1 Å². The fourth-order valence-electron chi connectivity index (χ4n) is 3.92. The van der Waals surface area contributed by atoms with Gasteiger partial charge in [-0.3, -0.25) is 4.79 Å². The summed E-state index contributed by atoms with van der Waals surface area (Å²) in [7, 11) is 1.61. The van der Waals surface area contributed by atoms with Crippen molar-refractivity contribution in [1.29, 1.82) is 0 Å². The molecule has 0 saturated carbocycles. The summed E-state index contributed by atoms with van der Waals surface area (Å²) < 4.78 is 5.36. The van der Waals surface area contributed by atoms with E-state index in [1.54, 1.807) is 7.11 Å². The van der Waals surface area contributed by atoms with E-state index in [4.69, 9.17) is 4.74 Å². The van der Waals surface area contributed by atoms with Crippen molar-refractivity contribution in [2.24, 2.45) is 0 Å². The molecule has 3 amide bonds. The number of piperidine rings is 1. The molecule has 0 spiro atoms. The number of carbonyl (C=O) groups is 2. The molecule has 26 heavy (non-hydrogen) atoms. The van der Waals surface area contributed by atoms with Gasteiger partial charge in [0, 0.05) is 32.1 Å². The molecule has 1 N–H and O–H groups in total. The van der Waals surface area contributed by atoms with Crippen LogP contribution in [-0.2, 0) is 4.79 Å². The molecular weight excluding hydrogens is 330 g/mol. The number of benzene rings is 1. The maximum Gasteiger partial charge on any atom is 0.322 e. The van der Waals surface area contributed by atoms with Crippen LogP contribution in [0.15, 0.2) is 18.2 Å². The number of likely N-dealkylation sites (tertiary alicyclic amines) is 2. The molecule has 6 nitrogen and oxygen atoms in total. The number of urea groups is 1. The minimum absolute atomic E-state index is 0.0775. The molecule has 1 atom stereocenters. The van der Waals surface area contributed by atoms with Gasteiger partial charge in [0.15, 0.2) is 0 Å². The molecule has 2 heterocycles. The van der Waals surface area contributed by atoms with Gasteiger partial charge in [-0.2, -0.15) is 0 Å². The molecule has 0 bridgehead atoms. The first-order valence-electron chi connectivity index (χ1n) is 9.58. The molecule has 2 aliphatic heterocycles. The normalized spacial score (nSPS) is 20.4. The molecule has 3 rings (SSSR count). The molecule has 2 aliphatic rings. The molecule has 2 saturated heterocycles. The van der Waals surface area contributed by atoms with E-state index in [1.165, 1.54) is 0 Å². The molecule has 0 aromatic heterocycles. The third-order valence-corrected chi connectivity index (χ3v) is 5.39. The Balaban J connectivity index is 1.64. The van der Waals surface area contributed by atoms with Crippen LogP contribution in [-0.4, -0.2) is 54.5 Å². The largest absolute Gasteiger partial charge is 0.495 e. The van der Waals surface area contributed by atoms with Gasteiger partial charge >= 0.3 is 6.03 Å². The number of hydrogen-bond donors (Lipinski definition) is 1. The lowest BCUT2D eigenvalue weighted by molar-refractivity contribution is -0.127. The fraction of sp³-hybridized carbons (Fsp3) is 0.600. The minimum atomic E-state index is -0.0775. The summed E-state index contributed by atoms with van der Waals surface area (Å²) in [6.45, 7) is 4.36. The van der Waals surface area contributed by atoms with E-state index >= 15 is 0 Å². The number of carbonyl (C=O) groups excluding carboxylic acids is 2. The van der Waals surface area contributed by atoms with Crippen LogP contribution in [0, 0.1) is 6.92 Å². The zero-order chi connectivity index (χ0) is 18.5. The average molecular weight is 359 g/mol. The van der Waals surface area contributed by atoms with Crippen LogP contribution in [0.5, 0.6) is 5.75 Å². The van der Waals surface area contributed by atoms with E-state index in [1.807, 2.05) is 34.9 Å². The molecule has 0 radical (unpaired) electrons. The summed E-state index contributed by atoms with van der Waals surface area (Å²) in [5, 5.41) is 3.02. The summed E-state index contributed by atoms with van der Waals surface area (Å²) in [5.41, 5.74) is 1.78. The molecule has 1 aromatic rings. The first-order chi connectivity index (χ1) is 12.6. The molecule has 0 aliphatic carbocycles. The van der Waals surface area contributed by atoms with E-state index in [-0.39, 0.29) is 18.0 Å². The maximum atomic E-state index is 12.9. The summed E-state index contributed by atoms with van der Waals surface area (Å²) in [5.74, 6) is 0.918. The van der Waals surface area contributed by atoms with Crippen molar-refractivity contribution < 1.29 is 14.3 Å². The summed E-state index contributed by atoms with van der Waals surface area (Å²) in [4.78, 5) is 28.6. The van der Waals surface area contributed by atoms with E-state index in [9.17, 15) is 9.59 Å². The second-order valence-electron chi connectivity index (χ2n) is 7.25. The Morgan fingerprint density at radius 1 is 1.27 bits per heavy atom. The van der Waals surface area contributed by atoms with Gasteiger partial charge in [0.05, 0.1) is 12.8 Å². The van der Waals surface area contributed by atoms with Crippen molar-refractivity contribution in [3.05, 3.63) is 23.8 Å². The maximum absolute atomic E-state index is 12.9. The van der Waals surface area contributed by atoms with Gasteiger partial charge in [-0.1, -0.05) is 6.07 Å². The smallest absolute Gasteiger partial charge is 0.322 e. The van der Waals surface area contributed by atoms with Gasteiger partial charge < -0.3 is 19.9 Å². The number of nitrogens with one attached hydrogen (secondary N) is 1. The molecule has 142 valence electrons. The molecule has 1 aromatic carbocycles. The van der Waals surface area contributed by atoms with Crippen molar-refractivity contribution in [3.63, 3.8) is 0 Å². The monoisotopic (exact) mass is 359 g/mol. The van der Waals surface area contributed by atoms with Crippen molar-refractivity contribution in [2.45, 2.75) is 51.5 Å². The zero-order valence-electron chi connectivity index (χ0n) is 15.8. The van der Waals surface area contributed by atoms with E-state index in [2.05, 4.69) is 5.32 Å². The Morgan fingerprint density at radius 2 is 2.12 bits per heavy atom. The summed E-state index contributed by atoms with van der Waals surface area (Å²) in [6, 6.07) is 5.88. The number of ether oxygens (including phenoxy) is 1. The number of rotatable bonds is 5. The number of aryl methyl sites for hydroxylation is 1. The van der Waals surface area contributed by atoms with Gasteiger partial charge in [-0.15, -0.1) is 0 Å². The first kappa shape index (κ1) is 18.5. The topological polar surface area (TPSA) is 61.9 Å². The van der Waals surface area contributed by atoms with Crippen molar-refractivity contribution in [1.82, 2.24) is 9.80 Å². The average Bonchev–Trinajstić information content (AvgIpc) is 3.05. The Morgan fingerprint density at radius 3 is 2.85 bits per heavy atom. The Kier molecular flexibility index (Phi) is 6.01. The number of methoxy groups -OCH3 is 1. The van der Waals surface area contributed by atoms with Crippen LogP contribution in [0.2, 0.25) is 0 Å². The number of nitrogens with zero attached hydrogens (tertiary/aromatic N) is 2. The van der Waals surface area contributed by atoms with Crippen molar-refractivity contribution in [2.75, 3.05) is 32.1 Å². The Bertz CT molecular complexity index is 662.